The van der Waals surface area contributed by atoms with Crippen molar-refractivity contribution >= 4 is 0 Å². The smallest absolute Gasteiger partial charge is 0.0621 e. The number of rotatable bonds is 29. The van der Waals surface area contributed by atoms with Gasteiger partial charge in [-0.3, -0.25) is 0 Å². The normalized spacial score (nSPS) is 12.6. The number of likely N-dealkylation sites (N-methyl/N-ethyl adjacent to an activating group) is 1. The van der Waals surface area contributed by atoms with Gasteiger partial charge in [-0.1, -0.05) is 162 Å². The zero-order chi connectivity index (χ0) is 25.0. The molecule has 0 bridgehead atoms. The monoisotopic (exact) mass is 482 g/mol. The lowest BCUT2D eigenvalue weighted by molar-refractivity contribution is 0.0721. The topological polar surface area (TPSA) is 12.5 Å². The first-order valence-electron chi connectivity index (χ1n) is 16.0. The van der Waals surface area contributed by atoms with Crippen molar-refractivity contribution in [1.29, 1.82) is 0 Å². The van der Waals surface area contributed by atoms with E-state index in [-0.39, 0.29) is 0 Å². The molecule has 0 aromatic carbocycles. The van der Waals surface area contributed by atoms with Gasteiger partial charge < -0.3 is 9.64 Å². The highest BCUT2D eigenvalue weighted by Crippen LogP contribution is 2.15. The molecule has 2 heteroatoms. The third kappa shape index (κ3) is 26.5. The Kier molecular flexibility index (Phi) is 29.1. The summed E-state index contributed by atoms with van der Waals surface area (Å²) in [6, 6.07) is 0.598. The van der Waals surface area contributed by atoms with Crippen molar-refractivity contribution < 1.29 is 4.74 Å². The SMILES string of the molecule is CCCCCCCCCCCCCCCCCCOC[C@H](CCCCCCCCCC)N(C)C. The van der Waals surface area contributed by atoms with Crippen LogP contribution in [0.25, 0.3) is 0 Å². The van der Waals surface area contributed by atoms with E-state index >= 15 is 0 Å². The number of ether oxygens (including phenoxy) is 1. The fourth-order valence-corrected chi connectivity index (χ4v) is 4.98. The van der Waals surface area contributed by atoms with Crippen LogP contribution in [0.5, 0.6) is 0 Å². The Morgan fingerprint density at radius 3 is 1.12 bits per heavy atom. The van der Waals surface area contributed by atoms with Crippen LogP contribution in [0.15, 0.2) is 0 Å². The summed E-state index contributed by atoms with van der Waals surface area (Å²) in [4.78, 5) is 2.37. The van der Waals surface area contributed by atoms with Crippen molar-refractivity contribution in [2.45, 2.75) is 180 Å². The zero-order valence-electron chi connectivity index (χ0n) is 24.5. The third-order valence-electron chi connectivity index (χ3n) is 7.57. The summed E-state index contributed by atoms with van der Waals surface area (Å²) in [6.07, 6.45) is 35.4. The summed E-state index contributed by atoms with van der Waals surface area (Å²) in [5.74, 6) is 0. The highest BCUT2D eigenvalue weighted by molar-refractivity contribution is 4.65. The fourth-order valence-electron chi connectivity index (χ4n) is 4.98. The minimum atomic E-state index is 0.598. The molecule has 0 amide bonds. The van der Waals surface area contributed by atoms with E-state index in [1.165, 1.54) is 161 Å². The van der Waals surface area contributed by atoms with E-state index in [9.17, 15) is 0 Å². The molecule has 0 unspecified atom stereocenters. The third-order valence-corrected chi connectivity index (χ3v) is 7.57. The summed E-state index contributed by atoms with van der Waals surface area (Å²) in [7, 11) is 4.43. The van der Waals surface area contributed by atoms with Crippen LogP contribution in [0.3, 0.4) is 0 Å². The van der Waals surface area contributed by atoms with Crippen molar-refractivity contribution in [2.75, 3.05) is 27.3 Å². The van der Waals surface area contributed by atoms with E-state index < -0.39 is 0 Å². The standard InChI is InChI=1S/C32H67NO/c1-5-7-9-11-13-15-16-17-18-19-20-21-22-24-26-28-30-34-31-32(33(3)4)29-27-25-23-14-12-10-8-6-2/h32H,5-31H2,1-4H3/t32-/m0/s1. The maximum Gasteiger partial charge on any atom is 0.0621 e. The Labute approximate surface area is 217 Å². The van der Waals surface area contributed by atoms with E-state index in [2.05, 4.69) is 32.8 Å². The Bertz CT molecular complexity index is 357. The predicted octanol–water partition coefficient (Wildman–Crippen LogP) is 10.7. The summed E-state index contributed by atoms with van der Waals surface area (Å²) >= 11 is 0. The van der Waals surface area contributed by atoms with Crippen molar-refractivity contribution in [3.8, 4) is 0 Å². The molecule has 0 spiro atoms. The molecule has 0 aromatic rings. The summed E-state index contributed by atoms with van der Waals surface area (Å²) in [5, 5.41) is 0. The average molecular weight is 482 g/mol. The molecule has 0 N–H and O–H groups in total. The maximum absolute atomic E-state index is 6.06. The van der Waals surface area contributed by atoms with Crippen LogP contribution < -0.4 is 0 Å². The van der Waals surface area contributed by atoms with Crippen LogP contribution in [0.1, 0.15) is 174 Å². The molecule has 0 saturated carbocycles. The summed E-state index contributed by atoms with van der Waals surface area (Å²) in [5.41, 5.74) is 0. The molecule has 0 radical (unpaired) electrons. The van der Waals surface area contributed by atoms with Crippen LogP contribution in [0.2, 0.25) is 0 Å². The van der Waals surface area contributed by atoms with Crippen molar-refractivity contribution in [1.82, 2.24) is 4.90 Å². The van der Waals surface area contributed by atoms with Crippen molar-refractivity contribution in [2.24, 2.45) is 0 Å². The molecule has 0 heterocycles. The van der Waals surface area contributed by atoms with Gasteiger partial charge in [0.1, 0.15) is 0 Å². The molecule has 0 aliphatic rings. The second-order valence-electron chi connectivity index (χ2n) is 11.3. The molecule has 0 aliphatic heterocycles. The van der Waals surface area contributed by atoms with Crippen LogP contribution in [0, 0.1) is 0 Å². The average Bonchev–Trinajstić information content (AvgIpc) is 2.83. The Morgan fingerprint density at radius 1 is 0.441 bits per heavy atom. The number of unbranched alkanes of at least 4 members (excludes halogenated alkanes) is 22. The predicted molar refractivity (Wildman–Crippen MR) is 155 cm³/mol. The minimum absolute atomic E-state index is 0.598. The van der Waals surface area contributed by atoms with Crippen LogP contribution >= 0.6 is 0 Å². The molecule has 34 heavy (non-hydrogen) atoms. The maximum atomic E-state index is 6.06. The lowest BCUT2D eigenvalue weighted by Gasteiger charge is -2.24. The molecule has 0 saturated heterocycles. The molecular formula is C32H67NO. The highest BCUT2D eigenvalue weighted by atomic mass is 16.5. The van der Waals surface area contributed by atoms with Crippen LogP contribution in [-0.2, 0) is 4.74 Å². The van der Waals surface area contributed by atoms with Gasteiger partial charge in [0.05, 0.1) is 6.61 Å². The first kappa shape index (κ1) is 33.9. The molecule has 1 atom stereocenters. The quantitative estimate of drug-likeness (QED) is 0.0985. The van der Waals surface area contributed by atoms with Gasteiger partial charge in [0, 0.05) is 12.6 Å². The first-order chi connectivity index (χ1) is 16.7. The number of hydrogen-bond acceptors (Lipinski definition) is 2. The summed E-state index contributed by atoms with van der Waals surface area (Å²) in [6.45, 7) is 6.47. The molecule has 2 nitrogen and oxygen atoms in total. The van der Waals surface area contributed by atoms with E-state index in [1.54, 1.807) is 0 Å². The highest BCUT2D eigenvalue weighted by Gasteiger charge is 2.11. The second kappa shape index (κ2) is 29.2. The van der Waals surface area contributed by atoms with Crippen molar-refractivity contribution in [3.63, 3.8) is 0 Å². The van der Waals surface area contributed by atoms with Crippen LogP contribution in [0.4, 0.5) is 0 Å². The Morgan fingerprint density at radius 2 is 0.765 bits per heavy atom. The molecule has 0 fully saturated rings. The molecule has 0 aromatic heterocycles. The van der Waals surface area contributed by atoms with E-state index in [0.29, 0.717) is 6.04 Å². The van der Waals surface area contributed by atoms with Gasteiger partial charge in [-0.25, -0.2) is 0 Å². The molecule has 0 rings (SSSR count). The van der Waals surface area contributed by atoms with Crippen LogP contribution in [-0.4, -0.2) is 38.3 Å². The molecule has 206 valence electrons. The molecule has 0 aliphatic carbocycles. The van der Waals surface area contributed by atoms with Gasteiger partial charge in [0.25, 0.3) is 0 Å². The second-order valence-corrected chi connectivity index (χ2v) is 11.3. The minimum Gasteiger partial charge on any atom is -0.380 e. The van der Waals surface area contributed by atoms with E-state index in [4.69, 9.17) is 4.74 Å². The first-order valence-corrected chi connectivity index (χ1v) is 16.0. The van der Waals surface area contributed by atoms with E-state index in [0.717, 1.165) is 13.2 Å². The lowest BCUT2D eigenvalue weighted by Crippen LogP contribution is -2.32. The van der Waals surface area contributed by atoms with E-state index in [1.807, 2.05) is 0 Å². The lowest BCUT2D eigenvalue weighted by atomic mass is 10.0. The molecular weight excluding hydrogens is 414 g/mol. The largest absolute Gasteiger partial charge is 0.380 e. The zero-order valence-corrected chi connectivity index (χ0v) is 24.5. The number of nitrogens with zero attached hydrogens (tertiary/aromatic N) is 1. The Hall–Kier alpha value is -0.0800. The summed E-state index contributed by atoms with van der Waals surface area (Å²) < 4.78 is 6.06. The number of hydrogen-bond donors (Lipinski definition) is 0. The van der Waals surface area contributed by atoms with Gasteiger partial charge in [0.2, 0.25) is 0 Å². The Balaban J connectivity index is 3.33. The van der Waals surface area contributed by atoms with Gasteiger partial charge in [0.15, 0.2) is 0 Å². The van der Waals surface area contributed by atoms with Gasteiger partial charge in [-0.05, 0) is 26.9 Å². The van der Waals surface area contributed by atoms with Gasteiger partial charge >= 0.3 is 0 Å². The van der Waals surface area contributed by atoms with Gasteiger partial charge in [-0.2, -0.15) is 0 Å². The fraction of sp³-hybridized carbons (Fsp3) is 1.00. The van der Waals surface area contributed by atoms with Crippen molar-refractivity contribution in [3.05, 3.63) is 0 Å². The van der Waals surface area contributed by atoms with Gasteiger partial charge in [-0.15, -0.1) is 0 Å².